The maximum absolute atomic E-state index is 5.83. The first-order chi connectivity index (χ1) is 9.34. The third kappa shape index (κ3) is 2.63. The molecule has 1 N–H and O–H groups in total. The van der Waals surface area contributed by atoms with Crippen LogP contribution in [0.1, 0.15) is 18.4 Å². The molecule has 0 atom stereocenters. The summed E-state index contributed by atoms with van der Waals surface area (Å²) in [5.41, 5.74) is 3.16. The molecule has 0 amide bonds. The lowest BCUT2D eigenvalue weighted by atomic mass is 10.1. The molecule has 19 heavy (non-hydrogen) atoms. The quantitative estimate of drug-likeness (QED) is 0.915. The fourth-order valence-corrected chi connectivity index (χ4v) is 2.47. The molecule has 1 aliphatic heterocycles. The first-order valence-electron chi connectivity index (χ1n) is 6.80. The van der Waals surface area contributed by atoms with Gasteiger partial charge in [0.1, 0.15) is 6.73 Å². The van der Waals surface area contributed by atoms with Gasteiger partial charge in [-0.25, -0.2) is 5.10 Å². The van der Waals surface area contributed by atoms with Gasteiger partial charge in [0.2, 0.25) is 5.88 Å². The van der Waals surface area contributed by atoms with Gasteiger partial charge in [-0.3, -0.25) is 4.90 Å². The minimum atomic E-state index is 0.650. The number of nitrogens with one attached hydrogen (secondary N) is 1. The largest absolute Gasteiger partial charge is 0.462 e. The number of likely N-dealkylation sites (tertiary alicyclic amines) is 1. The van der Waals surface area contributed by atoms with Crippen LogP contribution in [0.2, 0.25) is 0 Å². The lowest BCUT2D eigenvalue weighted by molar-refractivity contribution is 0.146. The molecule has 100 valence electrons. The van der Waals surface area contributed by atoms with Crippen molar-refractivity contribution in [2.24, 2.45) is 0 Å². The molecule has 0 aliphatic carbocycles. The molecule has 0 saturated carbocycles. The van der Waals surface area contributed by atoms with E-state index in [-0.39, 0.29) is 0 Å². The normalized spacial score (nSPS) is 15.8. The molecule has 3 rings (SSSR count). The van der Waals surface area contributed by atoms with Gasteiger partial charge in [0, 0.05) is 24.2 Å². The van der Waals surface area contributed by atoms with Crippen molar-refractivity contribution in [1.29, 1.82) is 0 Å². The van der Waals surface area contributed by atoms with E-state index in [0.717, 1.165) is 35.8 Å². The maximum atomic E-state index is 5.83. The zero-order chi connectivity index (χ0) is 13.1. The number of benzene rings is 1. The highest BCUT2D eigenvalue weighted by Gasteiger charge is 2.15. The molecular weight excluding hydrogens is 238 g/mol. The van der Waals surface area contributed by atoms with E-state index in [1.54, 1.807) is 0 Å². The zero-order valence-electron chi connectivity index (χ0n) is 11.2. The van der Waals surface area contributed by atoms with E-state index >= 15 is 0 Å². The summed E-state index contributed by atoms with van der Waals surface area (Å²) < 4.78 is 5.83. The molecule has 0 radical (unpaired) electrons. The van der Waals surface area contributed by atoms with Gasteiger partial charge < -0.3 is 4.74 Å². The van der Waals surface area contributed by atoms with Crippen molar-refractivity contribution < 1.29 is 4.74 Å². The van der Waals surface area contributed by atoms with Crippen molar-refractivity contribution in [3.8, 4) is 17.1 Å². The molecule has 0 spiro atoms. The van der Waals surface area contributed by atoms with Crippen molar-refractivity contribution in [3.05, 3.63) is 35.9 Å². The molecule has 4 nitrogen and oxygen atoms in total. The number of H-pyrrole nitrogens is 1. The van der Waals surface area contributed by atoms with Gasteiger partial charge in [0.25, 0.3) is 0 Å². The smallest absolute Gasteiger partial charge is 0.214 e. The molecule has 1 aliphatic rings. The highest BCUT2D eigenvalue weighted by Crippen LogP contribution is 2.27. The molecule has 0 unspecified atom stereocenters. The van der Waals surface area contributed by atoms with Crippen LogP contribution in [0, 0.1) is 6.92 Å². The fourth-order valence-electron chi connectivity index (χ4n) is 2.47. The van der Waals surface area contributed by atoms with E-state index in [4.69, 9.17) is 4.74 Å². The Hall–Kier alpha value is -1.81. The van der Waals surface area contributed by atoms with Gasteiger partial charge in [-0.15, -0.1) is 0 Å². The minimum Gasteiger partial charge on any atom is -0.462 e. The highest BCUT2D eigenvalue weighted by molar-refractivity contribution is 5.64. The SMILES string of the molecule is Cc1c(-c2ccccc2)n[nH]c1OCN1CCCC1. The Morgan fingerprint density at radius 2 is 1.95 bits per heavy atom. The summed E-state index contributed by atoms with van der Waals surface area (Å²) in [4.78, 5) is 2.32. The monoisotopic (exact) mass is 257 g/mol. The maximum Gasteiger partial charge on any atom is 0.214 e. The highest BCUT2D eigenvalue weighted by atomic mass is 16.5. The average Bonchev–Trinajstić information content (AvgIpc) is 3.07. The predicted molar refractivity (Wildman–Crippen MR) is 75.1 cm³/mol. The Bertz CT molecular complexity index is 530. The number of hydrogen-bond acceptors (Lipinski definition) is 3. The third-order valence-corrected chi connectivity index (χ3v) is 3.60. The molecule has 1 saturated heterocycles. The summed E-state index contributed by atoms with van der Waals surface area (Å²) in [7, 11) is 0. The standard InChI is InChI=1S/C15H19N3O/c1-12-14(13-7-3-2-4-8-13)16-17-15(12)19-11-18-9-5-6-10-18/h2-4,7-8H,5-6,9-11H2,1H3,(H,16,17). The Morgan fingerprint density at radius 1 is 1.21 bits per heavy atom. The molecule has 1 fully saturated rings. The summed E-state index contributed by atoms with van der Waals surface area (Å²) >= 11 is 0. The van der Waals surface area contributed by atoms with E-state index < -0.39 is 0 Å². The molecule has 2 heterocycles. The second-order valence-electron chi connectivity index (χ2n) is 4.99. The zero-order valence-corrected chi connectivity index (χ0v) is 11.2. The Labute approximate surface area is 113 Å². The van der Waals surface area contributed by atoms with Gasteiger partial charge in [0.15, 0.2) is 0 Å². The number of aromatic nitrogens is 2. The van der Waals surface area contributed by atoms with Crippen molar-refractivity contribution in [2.45, 2.75) is 19.8 Å². The number of nitrogens with zero attached hydrogens (tertiary/aromatic N) is 2. The van der Waals surface area contributed by atoms with E-state index in [1.165, 1.54) is 12.8 Å². The molecule has 1 aromatic carbocycles. The van der Waals surface area contributed by atoms with Gasteiger partial charge in [-0.2, -0.15) is 5.10 Å². The molecule has 1 aromatic heterocycles. The lowest BCUT2D eigenvalue weighted by Crippen LogP contribution is -2.24. The summed E-state index contributed by atoms with van der Waals surface area (Å²) in [5, 5.41) is 7.36. The van der Waals surface area contributed by atoms with E-state index in [2.05, 4.69) is 27.2 Å². The average molecular weight is 257 g/mol. The minimum absolute atomic E-state index is 0.650. The summed E-state index contributed by atoms with van der Waals surface area (Å²) in [6.07, 6.45) is 2.56. The van der Waals surface area contributed by atoms with Crippen LogP contribution < -0.4 is 4.74 Å². The topological polar surface area (TPSA) is 41.1 Å². The van der Waals surface area contributed by atoms with Crippen LogP contribution in [0.5, 0.6) is 5.88 Å². The number of rotatable bonds is 4. The Kier molecular flexibility index (Phi) is 3.51. The van der Waals surface area contributed by atoms with Gasteiger partial charge in [0.05, 0.1) is 5.69 Å². The predicted octanol–water partition coefficient (Wildman–Crippen LogP) is 2.82. The number of ether oxygens (including phenoxy) is 1. The first kappa shape index (κ1) is 12.2. The van der Waals surface area contributed by atoms with Gasteiger partial charge >= 0.3 is 0 Å². The van der Waals surface area contributed by atoms with Crippen molar-refractivity contribution in [2.75, 3.05) is 19.8 Å². The fraction of sp³-hybridized carbons (Fsp3) is 0.400. The van der Waals surface area contributed by atoms with Crippen LogP contribution in [0.3, 0.4) is 0 Å². The van der Waals surface area contributed by atoms with Crippen LogP contribution in [0.25, 0.3) is 11.3 Å². The van der Waals surface area contributed by atoms with Gasteiger partial charge in [-0.05, 0) is 19.8 Å². The lowest BCUT2D eigenvalue weighted by Gasteiger charge is -2.14. The number of hydrogen-bond donors (Lipinski definition) is 1. The molecular formula is C15H19N3O. The second-order valence-corrected chi connectivity index (χ2v) is 4.99. The van der Waals surface area contributed by atoms with Gasteiger partial charge in [-0.1, -0.05) is 30.3 Å². The summed E-state index contributed by atoms with van der Waals surface area (Å²) in [6, 6.07) is 10.2. The Balaban J connectivity index is 1.72. The number of aromatic amines is 1. The third-order valence-electron chi connectivity index (χ3n) is 3.60. The summed E-state index contributed by atoms with van der Waals surface area (Å²) in [5.74, 6) is 0.783. The van der Waals surface area contributed by atoms with Crippen LogP contribution in [-0.2, 0) is 0 Å². The first-order valence-corrected chi connectivity index (χ1v) is 6.80. The second kappa shape index (κ2) is 5.45. The van der Waals surface area contributed by atoms with Crippen LogP contribution >= 0.6 is 0 Å². The molecule has 4 heteroatoms. The molecule has 0 bridgehead atoms. The van der Waals surface area contributed by atoms with Crippen LogP contribution in [-0.4, -0.2) is 34.9 Å². The van der Waals surface area contributed by atoms with Crippen molar-refractivity contribution in [3.63, 3.8) is 0 Å². The van der Waals surface area contributed by atoms with Crippen LogP contribution in [0.4, 0.5) is 0 Å². The van der Waals surface area contributed by atoms with E-state index in [0.29, 0.717) is 6.73 Å². The Morgan fingerprint density at radius 3 is 2.68 bits per heavy atom. The van der Waals surface area contributed by atoms with Crippen molar-refractivity contribution in [1.82, 2.24) is 15.1 Å². The van der Waals surface area contributed by atoms with Crippen LogP contribution in [0.15, 0.2) is 30.3 Å². The molecule has 2 aromatic rings. The summed E-state index contributed by atoms with van der Waals surface area (Å²) in [6.45, 7) is 4.97. The van der Waals surface area contributed by atoms with E-state index in [1.807, 2.05) is 25.1 Å². The van der Waals surface area contributed by atoms with Crippen molar-refractivity contribution >= 4 is 0 Å². The van der Waals surface area contributed by atoms with E-state index in [9.17, 15) is 0 Å².